The van der Waals surface area contributed by atoms with Crippen molar-refractivity contribution < 1.29 is 4.21 Å². The van der Waals surface area contributed by atoms with Gasteiger partial charge in [0.2, 0.25) is 0 Å². The number of aryl methyl sites for hydroxylation is 2. The van der Waals surface area contributed by atoms with Gasteiger partial charge in [-0.25, -0.2) is 4.98 Å². The number of aromatic amines is 1. The fourth-order valence-electron chi connectivity index (χ4n) is 3.85. The minimum atomic E-state index is -1.28. The molecular formula is C25H28N4OS. The molecule has 0 fully saturated rings. The predicted molar refractivity (Wildman–Crippen MR) is 130 cm³/mol. The number of imidazole rings is 1. The van der Waals surface area contributed by atoms with E-state index in [9.17, 15) is 4.21 Å². The quantitative estimate of drug-likeness (QED) is 0.335. The molecule has 3 aromatic carbocycles. The van der Waals surface area contributed by atoms with Crippen LogP contribution in [-0.2, 0) is 35.9 Å². The summed E-state index contributed by atoms with van der Waals surface area (Å²) >= 11 is 0. The Bertz CT molecular complexity index is 1200. The third kappa shape index (κ3) is 4.49. The van der Waals surface area contributed by atoms with Crippen LogP contribution in [0.4, 0.5) is 11.4 Å². The molecule has 5 nitrogen and oxygen atoms in total. The molecule has 0 saturated carbocycles. The van der Waals surface area contributed by atoms with Crippen LogP contribution < -0.4 is 11.1 Å². The molecule has 1 atom stereocenters. The summed E-state index contributed by atoms with van der Waals surface area (Å²) in [5.41, 5.74) is 14.4. The molecule has 0 saturated heterocycles. The zero-order valence-electron chi connectivity index (χ0n) is 17.9. The lowest BCUT2D eigenvalue weighted by Gasteiger charge is -2.17. The van der Waals surface area contributed by atoms with Gasteiger partial charge < -0.3 is 16.0 Å². The lowest BCUT2D eigenvalue weighted by Crippen LogP contribution is -2.10. The summed E-state index contributed by atoms with van der Waals surface area (Å²) in [6.07, 6.45) is 1.80. The minimum absolute atomic E-state index is 0.389. The molecule has 160 valence electrons. The maximum absolute atomic E-state index is 13.1. The smallest absolute Gasteiger partial charge is 0.197 e. The first-order valence-corrected chi connectivity index (χ1v) is 12.0. The highest BCUT2D eigenvalue weighted by Gasteiger charge is 2.15. The van der Waals surface area contributed by atoms with Crippen LogP contribution in [0.1, 0.15) is 36.1 Å². The average molecular weight is 433 g/mol. The van der Waals surface area contributed by atoms with E-state index >= 15 is 0 Å². The molecule has 1 unspecified atom stereocenters. The molecule has 0 radical (unpaired) electrons. The molecular weight excluding hydrogens is 404 g/mol. The van der Waals surface area contributed by atoms with Crippen molar-refractivity contribution in [2.24, 2.45) is 0 Å². The Balaban J connectivity index is 1.59. The molecule has 1 heterocycles. The number of H-pyrrole nitrogens is 1. The van der Waals surface area contributed by atoms with Gasteiger partial charge in [-0.05, 0) is 47.2 Å². The maximum Gasteiger partial charge on any atom is 0.197 e. The summed E-state index contributed by atoms with van der Waals surface area (Å²) < 4.78 is 13.1. The number of hydrogen-bond donors (Lipinski definition) is 3. The van der Waals surface area contributed by atoms with Crippen LogP contribution in [0.3, 0.4) is 0 Å². The Labute approximate surface area is 185 Å². The number of nitrogens with zero attached hydrogens (tertiary/aromatic N) is 1. The molecule has 6 heteroatoms. The zero-order valence-corrected chi connectivity index (χ0v) is 18.8. The van der Waals surface area contributed by atoms with Gasteiger partial charge in [-0.15, -0.1) is 0 Å². The summed E-state index contributed by atoms with van der Waals surface area (Å²) in [7, 11) is -1.28. The first kappa shape index (κ1) is 21.1. The van der Waals surface area contributed by atoms with E-state index in [0.717, 1.165) is 51.9 Å². The average Bonchev–Trinajstić information content (AvgIpc) is 3.23. The highest BCUT2D eigenvalue weighted by molar-refractivity contribution is 7.84. The standard InChI is InChI=1S/C25H28N4OS/c1-3-17-9-7-11-19(23(17)26)15-27-24-18(4-2)10-8-12-20(24)16-31(30)25-28-21-13-5-6-14-22(21)29-25/h5-14,27H,3-4,15-16,26H2,1-2H3,(H,28,29). The number of para-hydroxylation sites is 4. The van der Waals surface area contributed by atoms with Gasteiger partial charge in [0.1, 0.15) is 0 Å². The van der Waals surface area contributed by atoms with Crippen LogP contribution in [0, 0.1) is 0 Å². The number of anilines is 2. The second-order valence-electron chi connectivity index (χ2n) is 7.55. The van der Waals surface area contributed by atoms with E-state index in [4.69, 9.17) is 5.73 Å². The van der Waals surface area contributed by atoms with Crippen molar-refractivity contribution >= 4 is 33.2 Å². The van der Waals surface area contributed by atoms with Gasteiger partial charge in [-0.2, -0.15) is 0 Å². The predicted octanol–water partition coefficient (Wildman–Crippen LogP) is 5.19. The van der Waals surface area contributed by atoms with Crippen molar-refractivity contribution in [3.63, 3.8) is 0 Å². The second kappa shape index (κ2) is 9.35. The van der Waals surface area contributed by atoms with Crippen molar-refractivity contribution in [1.82, 2.24) is 9.97 Å². The van der Waals surface area contributed by atoms with E-state index in [1.54, 1.807) is 0 Å². The summed E-state index contributed by atoms with van der Waals surface area (Å²) in [6, 6.07) is 20.1. The molecule has 0 aliphatic heterocycles. The molecule has 0 amide bonds. The summed E-state index contributed by atoms with van der Waals surface area (Å²) in [5.74, 6) is 0.389. The van der Waals surface area contributed by atoms with Crippen molar-refractivity contribution in [2.75, 3.05) is 11.1 Å². The molecule has 0 aliphatic rings. The Kier molecular flexibility index (Phi) is 6.37. The number of fused-ring (bicyclic) bond motifs is 1. The second-order valence-corrected chi connectivity index (χ2v) is 8.92. The number of benzene rings is 3. The first-order chi connectivity index (χ1) is 15.1. The highest BCUT2D eigenvalue weighted by Crippen LogP contribution is 2.27. The van der Waals surface area contributed by atoms with Crippen molar-refractivity contribution in [3.05, 3.63) is 82.9 Å². The Morgan fingerprint density at radius 3 is 2.32 bits per heavy atom. The van der Waals surface area contributed by atoms with Crippen LogP contribution in [0.2, 0.25) is 0 Å². The van der Waals surface area contributed by atoms with Gasteiger partial charge >= 0.3 is 0 Å². The maximum atomic E-state index is 13.1. The molecule has 0 bridgehead atoms. The summed E-state index contributed by atoms with van der Waals surface area (Å²) in [6.45, 7) is 4.87. The van der Waals surface area contributed by atoms with Crippen LogP contribution in [0.25, 0.3) is 11.0 Å². The monoisotopic (exact) mass is 432 g/mol. The van der Waals surface area contributed by atoms with Gasteiger partial charge in [0.05, 0.1) is 27.6 Å². The number of aromatic nitrogens is 2. The van der Waals surface area contributed by atoms with Crippen molar-refractivity contribution in [3.8, 4) is 0 Å². The summed E-state index contributed by atoms with van der Waals surface area (Å²) in [5, 5.41) is 4.09. The number of rotatable bonds is 8. The number of nitrogen functional groups attached to an aromatic ring is 1. The Morgan fingerprint density at radius 1 is 0.903 bits per heavy atom. The minimum Gasteiger partial charge on any atom is -0.398 e. The van der Waals surface area contributed by atoms with Crippen LogP contribution >= 0.6 is 0 Å². The Morgan fingerprint density at radius 2 is 1.58 bits per heavy atom. The fraction of sp³-hybridized carbons (Fsp3) is 0.240. The van der Waals surface area contributed by atoms with Crippen molar-refractivity contribution in [1.29, 1.82) is 0 Å². The molecule has 1 aromatic heterocycles. The van der Waals surface area contributed by atoms with Crippen molar-refractivity contribution in [2.45, 2.75) is 44.1 Å². The molecule has 4 aromatic rings. The van der Waals surface area contributed by atoms with Gasteiger partial charge in [-0.3, -0.25) is 4.21 Å². The lowest BCUT2D eigenvalue weighted by atomic mass is 10.0. The number of nitrogens with two attached hydrogens (primary N) is 1. The van der Waals surface area contributed by atoms with Crippen LogP contribution in [0.15, 0.2) is 65.8 Å². The highest BCUT2D eigenvalue weighted by atomic mass is 32.2. The normalized spacial score (nSPS) is 12.2. The third-order valence-electron chi connectivity index (χ3n) is 5.61. The van der Waals surface area contributed by atoms with Gasteiger partial charge in [0.25, 0.3) is 0 Å². The first-order valence-electron chi connectivity index (χ1n) is 10.6. The molecule has 0 aliphatic carbocycles. The largest absolute Gasteiger partial charge is 0.398 e. The van der Waals surface area contributed by atoms with E-state index < -0.39 is 10.8 Å². The number of nitrogens with one attached hydrogen (secondary N) is 2. The number of hydrogen-bond acceptors (Lipinski definition) is 4. The van der Waals surface area contributed by atoms with Gasteiger partial charge in [0.15, 0.2) is 5.16 Å². The van der Waals surface area contributed by atoms with Gasteiger partial charge in [-0.1, -0.05) is 62.4 Å². The van der Waals surface area contributed by atoms with Gasteiger partial charge in [0, 0.05) is 17.9 Å². The molecule has 31 heavy (non-hydrogen) atoms. The zero-order chi connectivity index (χ0) is 21.8. The van der Waals surface area contributed by atoms with E-state index in [1.165, 1.54) is 5.56 Å². The topological polar surface area (TPSA) is 83.8 Å². The summed E-state index contributed by atoms with van der Waals surface area (Å²) in [4.78, 5) is 7.71. The fourth-order valence-corrected chi connectivity index (χ4v) is 4.94. The molecule has 0 spiro atoms. The third-order valence-corrected chi connectivity index (χ3v) is 6.81. The lowest BCUT2D eigenvalue weighted by molar-refractivity contribution is 0.677. The molecule has 4 N–H and O–H groups in total. The Hall–Kier alpha value is -3.12. The molecule has 4 rings (SSSR count). The van der Waals surface area contributed by atoms with E-state index in [1.807, 2.05) is 36.4 Å². The van der Waals surface area contributed by atoms with Crippen LogP contribution in [0.5, 0.6) is 0 Å². The van der Waals surface area contributed by atoms with E-state index in [2.05, 4.69) is 53.4 Å². The van der Waals surface area contributed by atoms with E-state index in [-0.39, 0.29) is 0 Å². The van der Waals surface area contributed by atoms with Crippen LogP contribution in [-0.4, -0.2) is 14.2 Å². The van der Waals surface area contributed by atoms with E-state index in [0.29, 0.717) is 17.5 Å². The SMILES string of the molecule is CCc1cccc(CNc2c(CC)cccc2CS(=O)c2nc3ccccc3[nH]2)c1N.